The number of aryl methyl sites for hydroxylation is 1. The fourth-order valence-corrected chi connectivity index (χ4v) is 2.99. The summed E-state index contributed by atoms with van der Waals surface area (Å²) in [5.74, 6) is -0.271. The quantitative estimate of drug-likeness (QED) is 0.853. The van der Waals surface area contributed by atoms with Gasteiger partial charge in [-0.2, -0.15) is 0 Å². The highest BCUT2D eigenvalue weighted by atomic mass is 32.1. The molecule has 0 aliphatic carbocycles. The molecule has 1 aliphatic rings. The Morgan fingerprint density at radius 3 is 3.10 bits per heavy atom. The molecular formula is C15H16N2O2S. The van der Waals surface area contributed by atoms with Crippen molar-refractivity contribution in [3.63, 3.8) is 0 Å². The Morgan fingerprint density at radius 1 is 1.40 bits per heavy atom. The lowest BCUT2D eigenvalue weighted by Crippen LogP contribution is -2.46. The lowest BCUT2D eigenvalue weighted by Gasteiger charge is -2.24. The first-order chi connectivity index (χ1) is 9.74. The van der Waals surface area contributed by atoms with Crippen molar-refractivity contribution in [1.82, 2.24) is 5.32 Å². The number of carbonyl (C=O) groups is 1. The van der Waals surface area contributed by atoms with E-state index >= 15 is 0 Å². The number of ether oxygens (including phenoxy) is 1. The van der Waals surface area contributed by atoms with Crippen LogP contribution < -0.4 is 10.6 Å². The molecule has 5 heteroatoms. The van der Waals surface area contributed by atoms with Gasteiger partial charge >= 0.3 is 5.97 Å². The van der Waals surface area contributed by atoms with Crippen molar-refractivity contribution in [3.05, 3.63) is 52.4 Å². The molecule has 2 heterocycles. The standard InChI is InChI=1S/C15H16N2O2S/c1-10-4-2-3-5-12(10)9-19-15(18)13-16-8-11-6-7-20-14(11)17-13/h2-7,13,16-17H,8-9H2,1H3. The largest absolute Gasteiger partial charge is 0.458 e. The molecule has 1 aliphatic heterocycles. The summed E-state index contributed by atoms with van der Waals surface area (Å²) in [6, 6.07) is 9.96. The summed E-state index contributed by atoms with van der Waals surface area (Å²) in [7, 11) is 0. The molecular weight excluding hydrogens is 272 g/mol. The maximum absolute atomic E-state index is 12.1. The third-order valence-electron chi connectivity index (χ3n) is 3.39. The molecule has 4 nitrogen and oxygen atoms in total. The van der Waals surface area contributed by atoms with Gasteiger partial charge in [0.1, 0.15) is 6.61 Å². The van der Waals surface area contributed by atoms with Gasteiger partial charge in [0.2, 0.25) is 0 Å². The van der Waals surface area contributed by atoms with E-state index in [1.54, 1.807) is 11.3 Å². The van der Waals surface area contributed by atoms with Gasteiger partial charge in [0.05, 0.1) is 5.00 Å². The van der Waals surface area contributed by atoms with E-state index in [4.69, 9.17) is 4.74 Å². The highest BCUT2D eigenvalue weighted by Crippen LogP contribution is 2.26. The van der Waals surface area contributed by atoms with Crippen LogP contribution in [0.5, 0.6) is 0 Å². The molecule has 1 atom stereocenters. The molecule has 1 unspecified atom stereocenters. The molecule has 2 N–H and O–H groups in total. The second kappa shape index (κ2) is 5.64. The lowest BCUT2D eigenvalue weighted by atomic mass is 10.1. The topological polar surface area (TPSA) is 50.4 Å². The van der Waals surface area contributed by atoms with Crippen LogP contribution in [-0.2, 0) is 22.7 Å². The number of hydrogen-bond donors (Lipinski definition) is 2. The van der Waals surface area contributed by atoms with Gasteiger partial charge in [0.15, 0.2) is 6.17 Å². The van der Waals surface area contributed by atoms with Crippen LogP contribution in [0.2, 0.25) is 0 Å². The SMILES string of the molecule is Cc1ccccc1COC(=O)C1NCc2ccsc2N1. The number of benzene rings is 1. The van der Waals surface area contributed by atoms with Crippen molar-refractivity contribution >= 4 is 22.3 Å². The highest BCUT2D eigenvalue weighted by Gasteiger charge is 2.25. The molecule has 1 aromatic carbocycles. The number of thiophene rings is 1. The van der Waals surface area contributed by atoms with E-state index in [9.17, 15) is 4.79 Å². The molecule has 0 bridgehead atoms. The molecule has 0 spiro atoms. The summed E-state index contributed by atoms with van der Waals surface area (Å²) in [5.41, 5.74) is 3.36. The number of fused-ring (bicyclic) bond motifs is 1. The van der Waals surface area contributed by atoms with Crippen LogP contribution in [0.15, 0.2) is 35.7 Å². The van der Waals surface area contributed by atoms with Crippen molar-refractivity contribution in [2.24, 2.45) is 0 Å². The summed E-state index contributed by atoms with van der Waals surface area (Å²) in [6.07, 6.45) is -0.467. The highest BCUT2D eigenvalue weighted by molar-refractivity contribution is 7.14. The Kier molecular flexibility index (Phi) is 3.71. The fourth-order valence-electron chi connectivity index (χ4n) is 2.14. The first kappa shape index (κ1) is 13.1. The summed E-state index contributed by atoms with van der Waals surface area (Å²) in [5, 5.41) is 9.35. The van der Waals surface area contributed by atoms with Gasteiger partial charge in [0, 0.05) is 12.1 Å². The Bertz CT molecular complexity index is 624. The van der Waals surface area contributed by atoms with Crippen LogP contribution in [-0.4, -0.2) is 12.1 Å². The monoisotopic (exact) mass is 288 g/mol. The van der Waals surface area contributed by atoms with Gasteiger partial charge in [-0.3, -0.25) is 5.32 Å². The minimum atomic E-state index is -0.467. The summed E-state index contributed by atoms with van der Waals surface area (Å²) >= 11 is 1.60. The predicted molar refractivity (Wildman–Crippen MR) is 79.5 cm³/mol. The molecule has 1 aromatic heterocycles. The first-order valence-electron chi connectivity index (χ1n) is 6.51. The van der Waals surface area contributed by atoms with Crippen molar-refractivity contribution in [3.8, 4) is 0 Å². The normalized spacial score (nSPS) is 17.1. The Morgan fingerprint density at radius 2 is 2.25 bits per heavy atom. The average Bonchev–Trinajstić information content (AvgIpc) is 2.93. The van der Waals surface area contributed by atoms with Gasteiger partial charge in [-0.05, 0) is 29.5 Å². The molecule has 0 fully saturated rings. The van der Waals surface area contributed by atoms with Crippen molar-refractivity contribution in [2.75, 3.05) is 5.32 Å². The number of nitrogens with one attached hydrogen (secondary N) is 2. The van der Waals surface area contributed by atoms with Gasteiger partial charge < -0.3 is 10.1 Å². The zero-order chi connectivity index (χ0) is 13.9. The Hall–Kier alpha value is -1.85. The van der Waals surface area contributed by atoms with E-state index in [1.807, 2.05) is 36.6 Å². The smallest absolute Gasteiger partial charge is 0.344 e. The second-order valence-corrected chi connectivity index (χ2v) is 5.68. The Labute approximate surface area is 121 Å². The second-order valence-electron chi connectivity index (χ2n) is 4.77. The zero-order valence-electron chi connectivity index (χ0n) is 11.2. The number of anilines is 1. The van der Waals surface area contributed by atoms with E-state index in [-0.39, 0.29) is 5.97 Å². The van der Waals surface area contributed by atoms with Crippen LogP contribution in [0.1, 0.15) is 16.7 Å². The molecule has 0 saturated heterocycles. The van der Waals surface area contributed by atoms with E-state index in [0.29, 0.717) is 13.2 Å². The number of esters is 1. The Balaban J connectivity index is 1.59. The maximum atomic E-state index is 12.1. The lowest BCUT2D eigenvalue weighted by molar-refractivity contribution is -0.146. The van der Waals surface area contributed by atoms with Crippen LogP contribution in [0.3, 0.4) is 0 Å². The van der Waals surface area contributed by atoms with Gasteiger partial charge in [0.25, 0.3) is 0 Å². The minimum Gasteiger partial charge on any atom is -0.458 e. The zero-order valence-corrected chi connectivity index (χ0v) is 12.0. The molecule has 20 heavy (non-hydrogen) atoms. The summed E-state index contributed by atoms with van der Waals surface area (Å²) < 4.78 is 5.38. The summed E-state index contributed by atoms with van der Waals surface area (Å²) in [4.78, 5) is 12.1. The van der Waals surface area contributed by atoms with Gasteiger partial charge in [-0.15, -0.1) is 11.3 Å². The van der Waals surface area contributed by atoms with Crippen LogP contribution >= 0.6 is 11.3 Å². The number of carbonyl (C=O) groups excluding carboxylic acids is 1. The maximum Gasteiger partial charge on any atom is 0.344 e. The van der Waals surface area contributed by atoms with E-state index in [2.05, 4.69) is 16.7 Å². The van der Waals surface area contributed by atoms with Crippen LogP contribution in [0.4, 0.5) is 5.00 Å². The van der Waals surface area contributed by atoms with Crippen molar-refractivity contribution in [2.45, 2.75) is 26.2 Å². The molecule has 2 aromatic rings. The number of rotatable bonds is 3. The van der Waals surface area contributed by atoms with Crippen LogP contribution in [0.25, 0.3) is 0 Å². The van der Waals surface area contributed by atoms with Gasteiger partial charge in [-0.25, -0.2) is 4.79 Å². The minimum absolute atomic E-state index is 0.271. The number of hydrogen-bond acceptors (Lipinski definition) is 5. The van der Waals surface area contributed by atoms with E-state index < -0.39 is 6.17 Å². The van der Waals surface area contributed by atoms with Crippen molar-refractivity contribution < 1.29 is 9.53 Å². The third kappa shape index (κ3) is 2.69. The molecule has 0 amide bonds. The van der Waals surface area contributed by atoms with Crippen molar-refractivity contribution in [1.29, 1.82) is 0 Å². The molecule has 0 saturated carbocycles. The molecule has 104 valence electrons. The summed E-state index contributed by atoms with van der Waals surface area (Å²) in [6.45, 7) is 3.01. The predicted octanol–water partition coefficient (Wildman–Crippen LogP) is 2.64. The van der Waals surface area contributed by atoms with E-state index in [1.165, 1.54) is 5.56 Å². The first-order valence-corrected chi connectivity index (χ1v) is 7.39. The van der Waals surface area contributed by atoms with Crippen LogP contribution in [0, 0.1) is 6.92 Å². The molecule has 3 rings (SSSR count). The molecule has 0 radical (unpaired) electrons. The fraction of sp³-hybridized carbons (Fsp3) is 0.267. The van der Waals surface area contributed by atoms with Gasteiger partial charge in [-0.1, -0.05) is 24.3 Å². The average molecular weight is 288 g/mol. The van der Waals surface area contributed by atoms with E-state index in [0.717, 1.165) is 16.1 Å². The third-order valence-corrected chi connectivity index (χ3v) is 4.27.